The third-order valence-corrected chi connectivity index (χ3v) is 4.37. The van der Waals surface area contributed by atoms with Crippen molar-refractivity contribution < 1.29 is 4.79 Å². The Hall–Kier alpha value is -0.570. The molecule has 1 saturated heterocycles. The normalized spacial score (nSPS) is 35.4. The average Bonchev–Trinajstić information content (AvgIpc) is 2.77. The minimum Gasteiger partial charge on any atom is -0.340 e. The molecule has 2 rings (SSSR count). The molecule has 1 aliphatic carbocycles. The van der Waals surface area contributed by atoms with E-state index in [0.717, 1.165) is 19.4 Å². The molecule has 0 radical (unpaired) electrons. The van der Waals surface area contributed by atoms with Gasteiger partial charge >= 0.3 is 0 Å². The van der Waals surface area contributed by atoms with Gasteiger partial charge in [-0.15, -0.1) is 0 Å². The summed E-state index contributed by atoms with van der Waals surface area (Å²) in [4.78, 5) is 14.6. The zero-order chi connectivity index (χ0) is 11.5. The lowest BCUT2D eigenvalue weighted by Gasteiger charge is -2.36. The van der Waals surface area contributed by atoms with Gasteiger partial charge in [-0.3, -0.25) is 4.79 Å². The second-order valence-corrected chi connectivity index (χ2v) is 5.41. The van der Waals surface area contributed by atoms with E-state index in [1.807, 2.05) is 0 Å². The van der Waals surface area contributed by atoms with E-state index in [1.165, 1.54) is 25.7 Å². The van der Waals surface area contributed by atoms with Crippen LogP contribution in [0.1, 0.15) is 45.4 Å². The lowest BCUT2D eigenvalue weighted by molar-refractivity contribution is -0.139. The number of hydrogen-bond acceptors (Lipinski definition) is 2. The number of likely N-dealkylation sites (tertiary alicyclic amines) is 1. The topological polar surface area (TPSA) is 46.3 Å². The number of rotatable bonds is 2. The van der Waals surface area contributed by atoms with E-state index < -0.39 is 0 Å². The van der Waals surface area contributed by atoms with Gasteiger partial charge in [0.1, 0.15) is 0 Å². The Kier molecular flexibility index (Phi) is 3.85. The first-order valence-corrected chi connectivity index (χ1v) is 6.74. The maximum absolute atomic E-state index is 12.5. The van der Waals surface area contributed by atoms with Gasteiger partial charge < -0.3 is 10.6 Å². The number of nitrogens with two attached hydrogens (primary N) is 1. The Labute approximate surface area is 98.4 Å². The van der Waals surface area contributed by atoms with E-state index in [4.69, 9.17) is 5.73 Å². The molecule has 3 nitrogen and oxygen atoms in total. The van der Waals surface area contributed by atoms with Gasteiger partial charge in [0.25, 0.3) is 0 Å². The van der Waals surface area contributed by atoms with Crippen LogP contribution in [0, 0.1) is 11.8 Å². The van der Waals surface area contributed by atoms with Crippen molar-refractivity contribution in [1.82, 2.24) is 4.90 Å². The molecule has 0 aromatic carbocycles. The van der Waals surface area contributed by atoms with Crippen molar-refractivity contribution in [2.75, 3.05) is 13.1 Å². The molecule has 2 fully saturated rings. The first-order chi connectivity index (χ1) is 7.74. The van der Waals surface area contributed by atoms with Gasteiger partial charge in [-0.1, -0.05) is 6.42 Å². The van der Waals surface area contributed by atoms with Crippen molar-refractivity contribution in [3.8, 4) is 0 Å². The molecule has 92 valence electrons. The molecule has 1 heterocycles. The minimum atomic E-state index is 0.227. The van der Waals surface area contributed by atoms with Gasteiger partial charge in [0.05, 0.1) is 0 Å². The molecule has 0 aromatic rings. The van der Waals surface area contributed by atoms with Gasteiger partial charge in [0.2, 0.25) is 5.91 Å². The van der Waals surface area contributed by atoms with Gasteiger partial charge in [-0.05, 0) is 51.5 Å². The number of carbonyl (C=O) groups excluding carboxylic acids is 1. The van der Waals surface area contributed by atoms with Gasteiger partial charge in [-0.2, -0.15) is 0 Å². The second-order valence-electron chi connectivity index (χ2n) is 5.41. The highest BCUT2D eigenvalue weighted by Gasteiger charge is 2.36. The fourth-order valence-corrected chi connectivity index (χ4v) is 3.28. The van der Waals surface area contributed by atoms with Crippen molar-refractivity contribution in [2.24, 2.45) is 17.6 Å². The van der Waals surface area contributed by atoms with E-state index in [2.05, 4.69) is 11.8 Å². The molecule has 1 saturated carbocycles. The van der Waals surface area contributed by atoms with Crippen LogP contribution in [0.4, 0.5) is 0 Å². The Bertz CT molecular complexity index is 250. The molecule has 2 N–H and O–H groups in total. The van der Waals surface area contributed by atoms with E-state index in [0.29, 0.717) is 24.4 Å². The van der Waals surface area contributed by atoms with Crippen molar-refractivity contribution in [3.63, 3.8) is 0 Å². The number of piperidine rings is 1. The Morgan fingerprint density at radius 3 is 2.75 bits per heavy atom. The van der Waals surface area contributed by atoms with Crippen LogP contribution in [-0.2, 0) is 4.79 Å². The zero-order valence-electron chi connectivity index (χ0n) is 10.3. The molecule has 0 spiro atoms. The van der Waals surface area contributed by atoms with Crippen LogP contribution < -0.4 is 5.73 Å². The fraction of sp³-hybridized carbons (Fsp3) is 0.923. The van der Waals surface area contributed by atoms with Gasteiger partial charge in [0.15, 0.2) is 0 Å². The largest absolute Gasteiger partial charge is 0.340 e. The van der Waals surface area contributed by atoms with Crippen molar-refractivity contribution in [1.29, 1.82) is 0 Å². The van der Waals surface area contributed by atoms with Crippen LogP contribution in [0.5, 0.6) is 0 Å². The molecule has 3 unspecified atom stereocenters. The molecular weight excluding hydrogens is 200 g/mol. The highest BCUT2D eigenvalue weighted by atomic mass is 16.2. The molecule has 1 amide bonds. The summed E-state index contributed by atoms with van der Waals surface area (Å²) in [5.74, 6) is 1.06. The summed E-state index contributed by atoms with van der Waals surface area (Å²) in [6.07, 6.45) is 7.01. The van der Waals surface area contributed by atoms with E-state index in [9.17, 15) is 4.79 Å². The Morgan fingerprint density at radius 1 is 1.25 bits per heavy atom. The van der Waals surface area contributed by atoms with Crippen LogP contribution in [0.25, 0.3) is 0 Å². The van der Waals surface area contributed by atoms with E-state index >= 15 is 0 Å². The number of hydrogen-bond donors (Lipinski definition) is 1. The zero-order valence-corrected chi connectivity index (χ0v) is 10.3. The summed E-state index contributed by atoms with van der Waals surface area (Å²) in [5.41, 5.74) is 5.76. The van der Waals surface area contributed by atoms with E-state index in [-0.39, 0.29) is 5.92 Å². The van der Waals surface area contributed by atoms with Crippen LogP contribution in [0.15, 0.2) is 0 Å². The van der Waals surface area contributed by atoms with Crippen LogP contribution in [0.2, 0.25) is 0 Å². The summed E-state index contributed by atoms with van der Waals surface area (Å²) in [6, 6.07) is 0.445. The second kappa shape index (κ2) is 5.17. The first kappa shape index (κ1) is 11.9. The predicted octanol–water partition coefficient (Wildman–Crippen LogP) is 1.76. The van der Waals surface area contributed by atoms with Crippen molar-refractivity contribution in [3.05, 3.63) is 0 Å². The molecule has 16 heavy (non-hydrogen) atoms. The third kappa shape index (κ3) is 2.24. The van der Waals surface area contributed by atoms with Gasteiger partial charge in [-0.25, -0.2) is 0 Å². The molecule has 3 heteroatoms. The maximum Gasteiger partial charge on any atom is 0.226 e. The summed E-state index contributed by atoms with van der Waals surface area (Å²) < 4.78 is 0. The monoisotopic (exact) mass is 224 g/mol. The standard InChI is InChI=1S/C13H24N2O/c1-10-5-2-3-8-15(10)13(16)12-7-4-6-11(12)9-14/h10-12H,2-9,14H2,1H3. The average molecular weight is 224 g/mol. The minimum absolute atomic E-state index is 0.227. The summed E-state index contributed by atoms with van der Waals surface area (Å²) >= 11 is 0. The summed E-state index contributed by atoms with van der Waals surface area (Å²) in [7, 11) is 0. The number of nitrogens with zero attached hydrogens (tertiary/aromatic N) is 1. The summed E-state index contributed by atoms with van der Waals surface area (Å²) in [5, 5.41) is 0. The SMILES string of the molecule is CC1CCCCN1C(=O)C1CCCC1CN. The Balaban J connectivity index is 2.00. The molecule has 0 aromatic heterocycles. The molecule has 3 atom stereocenters. The lowest BCUT2D eigenvalue weighted by atomic mass is 9.92. The number of carbonyl (C=O) groups is 1. The number of amides is 1. The van der Waals surface area contributed by atoms with Gasteiger partial charge in [0, 0.05) is 18.5 Å². The van der Waals surface area contributed by atoms with Crippen LogP contribution >= 0.6 is 0 Å². The molecule has 1 aliphatic heterocycles. The van der Waals surface area contributed by atoms with Crippen LogP contribution in [0.3, 0.4) is 0 Å². The lowest BCUT2D eigenvalue weighted by Crippen LogP contribution is -2.46. The predicted molar refractivity (Wildman–Crippen MR) is 64.9 cm³/mol. The smallest absolute Gasteiger partial charge is 0.226 e. The quantitative estimate of drug-likeness (QED) is 0.777. The molecule has 2 aliphatic rings. The Morgan fingerprint density at radius 2 is 2.06 bits per heavy atom. The first-order valence-electron chi connectivity index (χ1n) is 6.74. The van der Waals surface area contributed by atoms with Crippen molar-refractivity contribution >= 4 is 5.91 Å². The fourth-order valence-electron chi connectivity index (χ4n) is 3.28. The maximum atomic E-state index is 12.5. The highest BCUT2D eigenvalue weighted by molar-refractivity contribution is 5.79. The molecule has 0 bridgehead atoms. The van der Waals surface area contributed by atoms with Crippen molar-refractivity contribution in [2.45, 2.75) is 51.5 Å². The van der Waals surface area contributed by atoms with E-state index in [1.54, 1.807) is 0 Å². The molecular formula is C13H24N2O. The highest BCUT2D eigenvalue weighted by Crippen LogP contribution is 2.33. The third-order valence-electron chi connectivity index (χ3n) is 4.37. The van der Waals surface area contributed by atoms with Crippen LogP contribution in [-0.4, -0.2) is 29.9 Å². The summed E-state index contributed by atoms with van der Waals surface area (Å²) in [6.45, 7) is 3.83.